The van der Waals surface area contributed by atoms with E-state index in [-0.39, 0.29) is 6.61 Å². The summed E-state index contributed by atoms with van der Waals surface area (Å²) in [7, 11) is 2.80. The summed E-state index contributed by atoms with van der Waals surface area (Å²) in [5.41, 5.74) is 1.01. The van der Waals surface area contributed by atoms with Crippen molar-refractivity contribution < 1.29 is 19.4 Å². The molecular formula is C12H12O4. The summed E-state index contributed by atoms with van der Waals surface area (Å²) >= 11 is 0. The molecule has 0 aromatic heterocycles. The second kappa shape index (κ2) is 5.79. The van der Waals surface area contributed by atoms with Crippen molar-refractivity contribution in [2.45, 2.75) is 0 Å². The lowest BCUT2D eigenvalue weighted by molar-refractivity contribution is 0.0600. The Morgan fingerprint density at radius 3 is 2.75 bits per heavy atom. The number of esters is 1. The normalized spacial score (nSPS) is 8.94. The van der Waals surface area contributed by atoms with Gasteiger partial charge in [-0.05, 0) is 18.2 Å². The zero-order valence-corrected chi connectivity index (χ0v) is 9.11. The van der Waals surface area contributed by atoms with Gasteiger partial charge >= 0.3 is 5.97 Å². The summed E-state index contributed by atoms with van der Waals surface area (Å²) < 4.78 is 9.67. The molecule has 1 N–H and O–H groups in total. The first-order valence-corrected chi connectivity index (χ1v) is 4.59. The molecule has 1 rings (SSSR count). The van der Waals surface area contributed by atoms with Crippen LogP contribution in [0.3, 0.4) is 0 Å². The number of hydrogen-bond acceptors (Lipinski definition) is 4. The largest absolute Gasteiger partial charge is 0.495 e. The Labute approximate surface area is 93.8 Å². The average molecular weight is 220 g/mol. The van der Waals surface area contributed by atoms with Gasteiger partial charge in [-0.1, -0.05) is 11.8 Å². The van der Waals surface area contributed by atoms with Gasteiger partial charge in [-0.25, -0.2) is 4.79 Å². The molecule has 0 fully saturated rings. The maximum atomic E-state index is 11.3. The third-order valence-electron chi connectivity index (χ3n) is 1.92. The Kier molecular flexibility index (Phi) is 4.37. The fraction of sp³-hybridized carbons (Fsp3) is 0.250. The number of carbonyl (C=O) groups excluding carboxylic acids is 1. The van der Waals surface area contributed by atoms with Gasteiger partial charge in [0, 0.05) is 0 Å². The summed E-state index contributed by atoms with van der Waals surface area (Å²) in [6, 6.07) is 4.79. The molecule has 0 unspecified atom stereocenters. The van der Waals surface area contributed by atoms with Crippen LogP contribution in [0.2, 0.25) is 0 Å². The second-order valence-electron chi connectivity index (χ2n) is 2.87. The van der Waals surface area contributed by atoms with Crippen molar-refractivity contribution in [3.05, 3.63) is 29.3 Å². The molecule has 4 heteroatoms. The number of carbonyl (C=O) groups is 1. The van der Waals surface area contributed by atoms with Crippen LogP contribution >= 0.6 is 0 Å². The zero-order chi connectivity index (χ0) is 12.0. The van der Waals surface area contributed by atoms with Gasteiger partial charge in [0.1, 0.15) is 12.4 Å². The van der Waals surface area contributed by atoms with Crippen molar-refractivity contribution in [2.24, 2.45) is 0 Å². The number of hydrogen-bond donors (Lipinski definition) is 1. The number of aliphatic hydroxyl groups is 1. The van der Waals surface area contributed by atoms with Gasteiger partial charge in [-0.2, -0.15) is 0 Å². The van der Waals surface area contributed by atoms with E-state index in [2.05, 4.69) is 16.6 Å². The minimum Gasteiger partial charge on any atom is -0.495 e. The summed E-state index contributed by atoms with van der Waals surface area (Å²) in [4.78, 5) is 11.3. The molecule has 0 heterocycles. The topological polar surface area (TPSA) is 55.8 Å². The van der Waals surface area contributed by atoms with Crippen LogP contribution in [0.15, 0.2) is 18.2 Å². The highest BCUT2D eigenvalue weighted by Gasteiger charge is 2.08. The molecule has 4 nitrogen and oxygen atoms in total. The average Bonchev–Trinajstić information content (AvgIpc) is 2.35. The molecule has 1 aromatic rings. The van der Waals surface area contributed by atoms with E-state index in [9.17, 15) is 4.79 Å². The van der Waals surface area contributed by atoms with Gasteiger partial charge in [0.25, 0.3) is 0 Å². The lowest BCUT2D eigenvalue weighted by Gasteiger charge is -2.05. The number of benzene rings is 1. The Morgan fingerprint density at radius 1 is 1.44 bits per heavy atom. The third-order valence-corrected chi connectivity index (χ3v) is 1.92. The second-order valence-corrected chi connectivity index (χ2v) is 2.87. The van der Waals surface area contributed by atoms with Crippen molar-refractivity contribution in [3.8, 4) is 17.6 Å². The quantitative estimate of drug-likeness (QED) is 0.592. The van der Waals surface area contributed by atoms with Crippen LogP contribution in [0.5, 0.6) is 5.75 Å². The van der Waals surface area contributed by atoms with Gasteiger partial charge in [0.15, 0.2) is 0 Å². The van der Waals surface area contributed by atoms with Crippen LogP contribution in [-0.2, 0) is 4.74 Å². The van der Waals surface area contributed by atoms with Crippen LogP contribution in [0.25, 0.3) is 0 Å². The van der Waals surface area contributed by atoms with E-state index < -0.39 is 5.97 Å². The molecule has 0 atom stereocenters. The highest BCUT2D eigenvalue weighted by Crippen LogP contribution is 2.19. The van der Waals surface area contributed by atoms with Crippen molar-refractivity contribution >= 4 is 5.97 Å². The molecule has 0 spiro atoms. The Balaban J connectivity index is 3.11. The van der Waals surface area contributed by atoms with Crippen LogP contribution in [-0.4, -0.2) is 31.9 Å². The predicted octanol–water partition coefficient (Wildman–Crippen LogP) is 0.826. The molecule has 0 radical (unpaired) electrons. The lowest BCUT2D eigenvalue weighted by Crippen LogP contribution is -2.02. The molecule has 0 saturated carbocycles. The molecule has 0 saturated heterocycles. The standard InChI is InChI=1S/C12H12O4/c1-15-11-8-10(12(14)16-2)6-5-9(11)4-3-7-13/h5-6,8,13H,7H2,1-2H3. The third kappa shape index (κ3) is 2.75. The fourth-order valence-corrected chi connectivity index (χ4v) is 1.17. The first-order valence-electron chi connectivity index (χ1n) is 4.59. The fourth-order valence-electron chi connectivity index (χ4n) is 1.17. The molecule has 0 aliphatic heterocycles. The van der Waals surface area contributed by atoms with Crippen molar-refractivity contribution in [3.63, 3.8) is 0 Å². The van der Waals surface area contributed by atoms with E-state index in [1.807, 2.05) is 0 Å². The van der Waals surface area contributed by atoms with E-state index in [1.54, 1.807) is 18.2 Å². The molecular weight excluding hydrogens is 208 g/mol. The number of aliphatic hydroxyl groups excluding tert-OH is 1. The molecule has 1 aromatic carbocycles. The zero-order valence-electron chi connectivity index (χ0n) is 9.11. The molecule has 0 amide bonds. The van der Waals surface area contributed by atoms with Crippen LogP contribution < -0.4 is 4.74 Å². The number of methoxy groups -OCH3 is 2. The molecule has 0 aliphatic carbocycles. The molecule has 0 bridgehead atoms. The summed E-state index contributed by atoms with van der Waals surface area (Å²) in [5.74, 6) is 5.28. The smallest absolute Gasteiger partial charge is 0.337 e. The molecule has 0 aliphatic rings. The van der Waals surface area contributed by atoms with Crippen molar-refractivity contribution in [1.29, 1.82) is 0 Å². The van der Waals surface area contributed by atoms with E-state index in [1.165, 1.54) is 14.2 Å². The predicted molar refractivity (Wildman–Crippen MR) is 58.3 cm³/mol. The summed E-state index contributed by atoms with van der Waals surface area (Å²) in [6.45, 7) is -0.220. The first-order chi connectivity index (χ1) is 7.72. The van der Waals surface area contributed by atoms with Gasteiger partial charge in [0.2, 0.25) is 0 Å². The highest BCUT2D eigenvalue weighted by atomic mass is 16.5. The van der Waals surface area contributed by atoms with E-state index in [0.717, 1.165) is 0 Å². The van der Waals surface area contributed by atoms with E-state index >= 15 is 0 Å². The van der Waals surface area contributed by atoms with Crippen LogP contribution in [0, 0.1) is 11.8 Å². The van der Waals surface area contributed by atoms with Crippen LogP contribution in [0.4, 0.5) is 0 Å². The van der Waals surface area contributed by atoms with Gasteiger partial charge in [-0.15, -0.1) is 0 Å². The summed E-state index contributed by atoms with van der Waals surface area (Å²) in [5, 5.41) is 8.58. The summed E-state index contributed by atoms with van der Waals surface area (Å²) in [6.07, 6.45) is 0. The van der Waals surface area contributed by atoms with Gasteiger partial charge in [0.05, 0.1) is 25.3 Å². The number of rotatable bonds is 2. The van der Waals surface area contributed by atoms with Crippen LogP contribution in [0.1, 0.15) is 15.9 Å². The van der Waals surface area contributed by atoms with Crippen molar-refractivity contribution in [1.82, 2.24) is 0 Å². The Bertz CT molecular complexity index is 440. The van der Waals surface area contributed by atoms with E-state index in [0.29, 0.717) is 16.9 Å². The Morgan fingerprint density at radius 2 is 2.19 bits per heavy atom. The Hall–Kier alpha value is -1.99. The lowest BCUT2D eigenvalue weighted by atomic mass is 10.1. The van der Waals surface area contributed by atoms with Gasteiger partial charge < -0.3 is 14.6 Å². The molecule has 84 valence electrons. The van der Waals surface area contributed by atoms with Gasteiger partial charge in [-0.3, -0.25) is 0 Å². The minimum atomic E-state index is -0.431. The first kappa shape index (κ1) is 12.1. The SMILES string of the molecule is COC(=O)c1ccc(C#CCO)c(OC)c1. The van der Waals surface area contributed by atoms with Crippen molar-refractivity contribution in [2.75, 3.05) is 20.8 Å². The monoisotopic (exact) mass is 220 g/mol. The minimum absolute atomic E-state index is 0.220. The number of ether oxygens (including phenoxy) is 2. The van der Waals surface area contributed by atoms with E-state index in [4.69, 9.17) is 9.84 Å². The maximum Gasteiger partial charge on any atom is 0.337 e. The molecule has 16 heavy (non-hydrogen) atoms. The highest BCUT2D eigenvalue weighted by molar-refractivity contribution is 5.90. The maximum absolute atomic E-state index is 11.3.